The number of carbonyl (C=O) groups excluding carboxylic acids is 2. The van der Waals surface area contributed by atoms with Gasteiger partial charge < -0.3 is 5.32 Å². The number of hydrogen-bond donors (Lipinski definition) is 1. The minimum atomic E-state index is -0.564. The summed E-state index contributed by atoms with van der Waals surface area (Å²) in [6.45, 7) is 4.55. The van der Waals surface area contributed by atoms with Crippen molar-refractivity contribution in [2.24, 2.45) is 0 Å². The van der Waals surface area contributed by atoms with E-state index >= 15 is 0 Å². The van der Waals surface area contributed by atoms with E-state index in [2.05, 4.69) is 5.32 Å². The number of thiophene rings is 1. The molecular weight excluding hydrogens is 456 g/mol. The lowest BCUT2D eigenvalue weighted by atomic mass is 10.1. The number of urea groups is 1. The maximum atomic E-state index is 14.0. The van der Waals surface area contributed by atoms with Crippen molar-refractivity contribution < 1.29 is 9.59 Å². The van der Waals surface area contributed by atoms with E-state index in [0.717, 1.165) is 52.7 Å². The lowest BCUT2D eigenvalue weighted by molar-refractivity contribution is -0.126. The zero-order valence-corrected chi connectivity index (χ0v) is 20.4. The second kappa shape index (κ2) is 8.95. The molecule has 1 aromatic carbocycles. The Balaban J connectivity index is 1.65. The molecule has 0 bridgehead atoms. The number of rotatable bonds is 4. The Bertz CT molecular complexity index is 1310. The molecule has 1 N–H and O–H groups in total. The predicted molar refractivity (Wildman–Crippen MR) is 132 cm³/mol. The van der Waals surface area contributed by atoms with Gasteiger partial charge in [0.2, 0.25) is 5.91 Å². The molecule has 5 rings (SSSR count). The molecule has 1 aliphatic heterocycles. The van der Waals surface area contributed by atoms with Crippen LogP contribution in [0.1, 0.15) is 42.2 Å². The van der Waals surface area contributed by atoms with E-state index in [1.165, 1.54) is 28.0 Å². The third kappa shape index (κ3) is 3.97. The highest BCUT2D eigenvalue weighted by Gasteiger charge is 2.32. The van der Waals surface area contributed by atoms with Gasteiger partial charge in [-0.15, -0.1) is 11.3 Å². The average molecular weight is 483 g/mol. The minimum absolute atomic E-state index is 0.0743. The summed E-state index contributed by atoms with van der Waals surface area (Å²) < 4.78 is 1.66. The molecule has 1 unspecified atom stereocenters. The van der Waals surface area contributed by atoms with Crippen molar-refractivity contribution in [3.05, 3.63) is 50.6 Å². The molecule has 7 nitrogen and oxygen atoms in total. The number of para-hydroxylation sites is 1. The summed E-state index contributed by atoms with van der Waals surface area (Å²) in [4.78, 5) is 47.1. The number of hydrogen-bond acceptors (Lipinski definition) is 6. The molecule has 172 valence electrons. The lowest BCUT2D eigenvalue weighted by Crippen LogP contribution is -2.39. The van der Waals surface area contributed by atoms with Crippen molar-refractivity contribution in [1.82, 2.24) is 19.8 Å². The minimum Gasteiger partial charge on any atom is -0.336 e. The molecule has 3 amide bonds. The summed E-state index contributed by atoms with van der Waals surface area (Å²) in [5.41, 5.74) is 2.81. The number of thioether (sulfide) groups is 1. The van der Waals surface area contributed by atoms with Crippen LogP contribution in [0.3, 0.4) is 0 Å². The van der Waals surface area contributed by atoms with Crippen molar-refractivity contribution >= 4 is 45.3 Å². The van der Waals surface area contributed by atoms with E-state index in [4.69, 9.17) is 4.98 Å². The first-order valence-corrected chi connectivity index (χ1v) is 13.0. The number of nitrogens with one attached hydrogen (secondary N) is 1. The largest absolute Gasteiger partial charge is 0.336 e. The normalized spacial score (nSPS) is 17.0. The first-order valence-electron chi connectivity index (χ1n) is 11.3. The Labute approximate surface area is 200 Å². The second-order valence-electron chi connectivity index (χ2n) is 8.55. The fourth-order valence-corrected chi connectivity index (χ4v) is 6.86. The molecule has 2 aromatic heterocycles. The van der Waals surface area contributed by atoms with Gasteiger partial charge in [-0.05, 0) is 56.7 Å². The average Bonchev–Trinajstić information content (AvgIpc) is 3.30. The highest BCUT2D eigenvalue weighted by atomic mass is 32.2. The Morgan fingerprint density at radius 2 is 1.97 bits per heavy atom. The van der Waals surface area contributed by atoms with E-state index in [0.29, 0.717) is 18.2 Å². The number of amides is 3. The first kappa shape index (κ1) is 22.2. The molecule has 9 heteroatoms. The Morgan fingerprint density at radius 3 is 2.73 bits per heavy atom. The van der Waals surface area contributed by atoms with Crippen LogP contribution < -0.4 is 10.9 Å². The van der Waals surface area contributed by atoms with E-state index in [-0.39, 0.29) is 17.5 Å². The maximum absolute atomic E-state index is 14.0. The van der Waals surface area contributed by atoms with Gasteiger partial charge >= 0.3 is 6.03 Å². The number of benzene rings is 1. The Hall–Kier alpha value is -2.65. The number of nitrogens with zero attached hydrogens (tertiary/aromatic N) is 3. The number of fused-ring (bicyclic) bond motifs is 3. The van der Waals surface area contributed by atoms with Crippen LogP contribution in [0.25, 0.3) is 15.9 Å². The quantitative estimate of drug-likeness (QED) is 0.344. The van der Waals surface area contributed by atoms with Gasteiger partial charge in [-0.2, -0.15) is 0 Å². The maximum Gasteiger partial charge on any atom is 0.324 e. The van der Waals surface area contributed by atoms with E-state index < -0.39 is 5.25 Å². The molecule has 3 aromatic rings. The van der Waals surface area contributed by atoms with Gasteiger partial charge in [0.1, 0.15) is 4.83 Å². The monoisotopic (exact) mass is 482 g/mol. The zero-order valence-electron chi connectivity index (χ0n) is 18.7. The summed E-state index contributed by atoms with van der Waals surface area (Å²) in [5, 5.41) is 3.31. The third-order valence-corrected chi connectivity index (χ3v) is 8.54. The van der Waals surface area contributed by atoms with Gasteiger partial charge in [0.15, 0.2) is 5.16 Å². The molecule has 2 aliphatic rings. The van der Waals surface area contributed by atoms with Gasteiger partial charge in [0.25, 0.3) is 5.56 Å². The summed E-state index contributed by atoms with van der Waals surface area (Å²) in [6, 6.07) is 7.37. The number of aromatic nitrogens is 2. The van der Waals surface area contributed by atoms with Crippen LogP contribution in [0.15, 0.2) is 34.2 Å². The van der Waals surface area contributed by atoms with Crippen molar-refractivity contribution in [3.8, 4) is 5.69 Å². The van der Waals surface area contributed by atoms with Crippen LogP contribution >= 0.6 is 23.1 Å². The van der Waals surface area contributed by atoms with Crippen LogP contribution in [-0.2, 0) is 17.6 Å². The molecule has 3 heterocycles. The van der Waals surface area contributed by atoms with E-state index in [1.54, 1.807) is 22.8 Å². The standard InChI is InChI=1S/C24H26N4O3S2/c1-14-8-6-7-10-17(14)28-22(30)19-16-9-4-3-5-11-18(16)33-20(19)26-24(28)32-15(2)21(29)27-13-12-25-23(27)31/h6-8,10,15H,3-5,9,11-13H2,1-2H3,(H,25,31). The Morgan fingerprint density at radius 1 is 1.18 bits per heavy atom. The molecular formula is C24H26N4O3S2. The predicted octanol–water partition coefficient (Wildman–Crippen LogP) is 4.06. The molecule has 1 fully saturated rings. The van der Waals surface area contributed by atoms with Crippen LogP contribution in [0.2, 0.25) is 0 Å². The number of imide groups is 1. The summed E-state index contributed by atoms with van der Waals surface area (Å²) in [7, 11) is 0. The smallest absolute Gasteiger partial charge is 0.324 e. The van der Waals surface area contributed by atoms with E-state index in [9.17, 15) is 14.4 Å². The number of carbonyl (C=O) groups is 2. The van der Waals surface area contributed by atoms with Crippen molar-refractivity contribution in [3.63, 3.8) is 0 Å². The van der Waals surface area contributed by atoms with Crippen molar-refractivity contribution in [2.45, 2.75) is 56.4 Å². The molecule has 1 atom stereocenters. The molecule has 0 spiro atoms. The molecule has 33 heavy (non-hydrogen) atoms. The van der Waals surface area contributed by atoms with Gasteiger partial charge in [0.05, 0.1) is 16.3 Å². The van der Waals surface area contributed by atoms with Crippen molar-refractivity contribution in [1.29, 1.82) is 0 Å². The molecule has 0 radical (unpaired) electrons. The highest BCUT2D eigenvalue weighted by Crippen LogP contribution is 2.35. The second-order valence-corrected chi connectivity index (χ2v) is 10.9. The zero-order chi connectivity index (χ0) is 23.1. The topological polar surface area (TPSA) is 84.3 Å². The number of aryl methyl sites for hydroxylation is 3. The van der Waals surface area contributed by atoms with Gasteiger partial charge in [0, 0.05) is 18.0 Å². The van der Waals surface area contributed by atoms with Gasteiger partial charge in [-0.25, -0.2) is 9.78 Å². The van der Waals surface area contributed by atoms with Gasteiger partial charge in [-0.1, -0.05) is 36.4 Å². The van der Waals surface area contributed by atoms with Crippen LogP contribution in [0.4, 0.5) is 4.79 Å². The fraction of sp³-hybridized carbons (Fsp3) is 0.417. The first-order chi connectivity index (χ1) is 16.0. The lowest BCUT2D eigenvalue weighted by Gasteiger charge is -2.19. The van der Waals surface area contributed by atoms with E-state index in [1.807, 2.05) is 31.2 Å². The molecule has 1 aliphatic carbocycles. The third-order valence-electron chi connectivity index (χ3n) is 6.32. The summed E-state index contributed by atoms with van der Waals surface area (Å²) >= 11 is 2.85. The molecule has 1 saturated heterocycles. The summed E-state index contributed by atoms with van der Waals surface area (Å²) in [5.74, 6) is -0.275. The Kier molecular flexibility index (Phi) is 6.01. The summed E-state index contributed by atoms with van der Waals surface area (Å²) in [6.07, 6.45) is 5.30. The van der Waals surface area contributed by atoms with Crippen molar-refractivity contribution in [2.75, 3.05) is 13.1 Å². The SMILES string of the molecule is Cc1ccccc1-n1c(SC(C)C(=O)N2CCNC2=O)nc2sc3c(c2c1=O)CCCCC3. The van der Waals surface area contributed by atoms with Crippen LogP contribution in [0, 0.1) is 6.92 Å². The molecule has 0 saturated carbocycles. The van der Waals surface area contributed by atoms with Crippen LogP contribution in [-0.4, -0.2) is 44.7 Å². The fourth-order valence-electron chi connectivity index (χ4n) is 4.58. The van der Waals surface area contributed by atoms with Crippen LogP contribution in [0.5, 0.6) is 0 Å². The highest BCUT2D eigenvalue weighted by molar-refractivity contribution is 8.00. The van der Waals surface area contributed by atoms with Gasteiger partial charge in [-0.3, -0.25) is 19.1 Å².